The SMILES string of the molecule is Cl.Nc1ccc(CC(=O)Nc2ccccc2OCC2CC2)cc1. The van der Waals surface area contributed by atoms with Crippen LogP contribution in [0.2, 0.25) is 0 Å². The fourth-order valence-electron chi connectivity index (χ4n) is 2.20. The summed E-state index contributed by atoms with van der Waals surface area (Å²) in [5.41, 5.74) is 8.00. The van der Waals surface area contributed by atoms with Crippen LogP contribution in [0.25, 0.3) is 0 Å². The van der Waals surface area contributed by atoms with Gasteiger partial charge in [0.25, 0.3) is 0 Å². The smallest absolute Gasteiger partial charge is 0.228 e. The largest absolute Gasteiger partial charge is 0.491 e. The van der Waals surface area contributed by atoms with Crippen LogP contribution < -0.4 is 15.8 Å². The normalized spacial score (nSPS) is 13.0. The molecular weight excluding hydrogens is 312 g/mol. The van der Waals surface area contributed by atoms with Gasteiger partial charge in [-0.1, -0.05) is 24.3 Å². The van der Waals surface area contributed by atoms with Crippen LogP contribution in [0.3, 0.4) is 0 Å². The summed E-state index contributed by atoms with van der Waals surface area (Å²) in [6.07, 6.45) is 2.80. The van der Waals surface area contributed by atoms with E-state index in [4.69, 9.17) is 10.5 Å². The van der Waals surface area contributed by atoms with Gasteiger partial charge in [0, 0.05) is 5.69 Å². The number of amides is 1. The number of rotatable bonds is 6. The zero-order chi connectivity index (χ0) is 15.4. The predicted octanol–water partition coefficient (Wildman–Crippen LogP) is 3.66. The van der Waals surface area contributed by atoms with Crippen molar-refractivity contribution in [3.05, 3.63) is 54.1 Å². The molecule has 1 amide bonds. The molecule has 1 aliphatic carbocycles. The number of carbonyl (C=O) groups excluding carboxylic acids is 1. The van der Waals surface area contributed by atoms with Gasteiger partial charge in [-0.25, -0.2) is 0 Å². The van der Waals surface area contributed by atoms with E-state index in [1.165, 1.54) is 12.8 Å². The highest BCUT2D eigenvalue weighted by atomic mass is 35.5. The Balaban J connectivity index is 0.00000192. The number of hydrogen-bond acceptors (Lipinski definition) is 3. The van der Waals surface area contributed by atoms with Crippen LogP contribution in [-0.4, -0.2) is 12.5 Å². The molecule has 1 fully saturated rings. The first-order chi connectivity index (χ1) is 10.7. The lowest BCUT2D eigenvalue weighted by Crippen LogP contribution is -2.15. The highest BCUT2D eigenvalue weighted by Gasteiger charge is 2.22. The van der Waals surface area contributed by atoms with E-state index in [0.717, 1.165) is 23.6 Å². The number of nitrogens with two attached hydrogens (primary N) is 1. The highest BCUT2D eigenvalue weighted by molar-refractivity contribution is 5.93. The molecule has 4 nitrogen and oxygen atoms in total. The molecule has 0 unspecified atom stereocenters. The van der Waals surface area contributed by atoms with Crippen LogP contribution >= 0.6 is 12.4 Å². The molecule has 3 N–H and O–H groups in total. The number of carbonyl (C=O) groups is 1. The molecule has 1 aliphatic rings. The van der Waals surface area contributed by atoms with Crippen LogP contribution in [-0.2, 0) is 11.2 Å². The minimum absolute atomic E-state index is 0. The van der Waals surface area contributed by atoms with Crippen LogP contribution in [0.5, 0.6) is 5.75 Å². The Kier molecular flexibility index (Phi) is 5.88. The molecule has 0 saturated heterocycles. The van der Waals surface area contributed by atoms with Crippen molar-refractivity contribution >= 4 is 29.7 Å². The van der Waals surface area contributed by atoms with Gasteiger partial charge in [0.1, 0.15) is 5.75 Å². The number of halogens is 1. The molecule has 2 aromatic carbocycles. The van der Waals surface area contributed by atoms with Gasteiger partial charge in [0.2, 0.25) is 5.91 Å². The number of nitrogen functional groups attached to an aromatic ring is 1. The molecule has 23 heavy (non-hydrogen) atoms. The summed E-state index contributed by atoms with van der Waals surface area (Å²) in [5.74, 6) is 1.35. The summed E-state index contributed by atoms with van der Waals surface area (Å²) < 4.78 is 5.80. The standard InChI is InChI=1S/C18H20N2O2.ClH/c19-15-9-7-13(8-10-15)11-18(21)20-16-3-1-2-4-17(16)22-12-14-5-6-14;/h1-4,7-10,14H,5-6,11-12,19H2,(H,20,21);1H. The molecule has 0 bridgehead atoms. The van der Waals surface area contributed by atoms with Crippen LogP contribution in [0.4, 0.5) is 11.4 Å². The highest BCUT2D eigenvalue weighted by Crippen LogP contribution is 2.31. The molecule has 5 heteroatoms. The Labute approximate surface area is 142 Å². The Morgan fingerprint density at radius 3 is 2.52 bits per heavy atom. The van der Waals surface area contributed by atoms with Crippen molar-refractivity contribution in [2.75, 3.05) is 17.7 Å². The summed E-state index contributed by atoms with van der Waals surface area (Å²) in [6, 6.07) is 14.9. The minimum Gasteiger partial charge on any atom is -0.491 e. The molecule has 0 atom stereocenters. The zero-order valence-corrected chi connectivity index (χ0v) is 13.6. The van der Waals surface area contributed by atoms with E-state index >= 15 is 0 Å². The van der Waals surface area contributed by atoms with Gasteiger partial charge in [-0.2, -0.15) is 0 Å². The van der Waals surface area contributed by atoms with Crippen molar-refractivity contribution in [2.45, 2.75) is 19.3 Å². The molecule has 0 heterocycles. The first-order valence-electron chi connectivity index (χ1n) is 7.57. The predicted molar refractivity (Wildman–Crippen MR) is 95.1 cm³/mol. The molecule has 3 rings (SSSR count). The first-order valence-corrected chi connectivity index (χ1v) is 7.57. The number of benzene rings is 2. The summed E-state index contributed by atoms with van der Waals surface area (Å²) in [6.45, 7) is 0.727. The fourth-order valence-corrected chi connectivity index (χ4v) is 2.20. The van der Waals surface area contributed by atoms with Gasteiger partial charge >= 0.3 is 0 Å². The summed E-state index contributed by atoms with van der Waals surface area (Å²) >= 11 is 0. The number of anilines is 2. The van der Waals surface area contributed by atoms with Crippen LogP contribution in [0, 0.1) is 5.92 Å². The maximum atomic E-state index is 12.2. The molecule has 0 aromatic heterocycles. The number of ether oxygens (including phenoxy) is 1. The van der Waals surface area contributed by atoms with E-state index < -0.39 is 0 Å². The third-order valence-corrected chi connectivity index (χ3v) is 3.68. The van der Waals surface area contributed by atoms with Gasteiger partial charge in [-0.3, -0.25) is 4.79 Å². The quantitative estimate of drug-likeness (QED) is 0.793. The van der Waals surface area contributed by atoms with Crippen molar-refractivity contribution in [3.8, 4) is 5.75 Å². The molecule has 1 saturated carbocycles. The van der Waals surface area contributed by atoms with E-state index in [-0.39, 0.29) is 18.3 Å². The summed E-state index contributed by atoms with van der Waals surface area (Å²) in [7, 11) is 0. The van der Waals surface area contributed by atoms with Crippen LogP contribution in [0.15, 0.2) is 48.5 Å². The number of hydrogen-bond donors (Lipinski definition) is 2. The van der Waals surface area contributed by atoms with Crippen LogP contribution in [0.1, 0.15) is 18.4 Å². The average Bonchev–Trinajstić information content (AvgIpc) is 3.33. The molecule has 122 valence electrons. The third kappa shape index (κ3) is 5.18. The Hall–Kier alpha value is -2.20. The lowest BCUT2D eigenvalue weighted by Gasteiger charge is -2.12. The zero-order valence-electron chi connectivity index (χ0n) is 12.8. The maximum absolute atomic E-state index is 12.2. The first kappa shape index (κ1) is 17.2. The lowest BCUT2D eigenvalue weighted by atomic mass is 10.1. The monoisotopic (exact) mass is 332 g/mol. The van der Waals surface area contributed by atoms with E-state index in [2.05, 4.69) is 5.32 Å². The van der Waals surface area contributed by atoms with Crippen molar-refractivity contribution < 1.29 is 9.53 Å². The van der Waals surface area contributed by atoms with Gasteiger partial charge in [-0.05, 0) is 48.6 Å². The van der Waals surface area contributed by atoms with Crippen molar-refractivity contribution in [3.63, 3.8) is 0 Å². The molecular formula is C18H21ClN2O2. The van der Waals surface area contributed by atoms with Crippen molar-refractivity contribution in [1.29, 1.82) is 0 Å². The second-order valence-corrected chi connectivity index (χ2v) is 5.72. The number of nitrogens with one attached hydrogen (secondary N) is 1. The summed E-state index contributed by atoms with van der Waals surface area (Å²) in [5, 5.41) is 2.92. The second kappa shape index (κ2) is 7.88. The Morgan fingerprint density at radius 2 is 1.83 bits per heavy atom. The molecule has 0 radical (unpaired) electrons. The second-order valence-electron chi connectivity index (χ2n) is 5.72. The van der Waals surface area contributed by atoms with Gasteiger partial charge < -0.3 is 15.8 Å². The van der Waals surface area contributed by atoms with E-state index in [1.54, 1.807) is 12.1 Å². The number of para-hydroxylation sites is 2. The topological polar surface area (TPSA) is 64.4 Å². The van der Waals surface area contributed by atoms with Gasteiger partial charge in [0.05, 0.1) is 18.7 Å². The van der Waals surface area contributed by atoms with Gasteiger partial charge in [-0.15, -0.1) is 12.4 Å². The van der Waals surface area contributed by atoms with E-state index in [1.807, 2.05) is 36.4 Å². The van der Waals surface area contributed by atoms with Crippen molar-refractivity contribution in [1.82, 2.24) is 0 Å². The minimum atomic E-state index is -0.0627. The molecule has 0 aliphatic heterocycles. The average molecular weight is 333 g/mol. The van der Waals surface area contributed by atoms with Crippen molar-refractivity contribution in [2.24, 2.45) is 5.92 Å². The Bertz CT molecular complexity index is 654. The van der Waals surface area contributed by atoms with Gasteiger partial charge in [0.15, 0.2) is 0 Å². The third-order valence-electron chi connectivity index (χ3n) is 3.68. The molecule has 2 aromatic rings. The summed E-state index contributed by atoms with van der Waals surface area (Å²) in [4.78, 5) is 12.2. The van der Waals surface area contributed by atoms with E-state index in [0.29, 0.717) is 18.0 Å². The maximum Gasteiger partial charge on any atom is 0.228 e. The lowest BCUT2D eigenvalue weighted by molar-refractivity contribution is -0.115. The van der Waals surface area contributed by atoms with E-state index in [9.17, 15) is 4.79 Å². The molecule has 0 spiro atoms. The fraction of sp³-hybridized carbons (Fsp3) is 0.278. The Morgan fingerprint density at radius 1 is 1.13 bits per heavy atom.